The number of carbonyl (C=O) groups is 1. The summed E-state index contributed by atoms with van der Waals surface area (Å²) < 4.78 is 12.4. The van der Waals surface area contributed by atoms with Gasteiger partial charge >= 0.3 is 0 Å². The van der Waals surface area contributed by atoms with Gasteiger partial charge in [-0.1, -0.05) is 137 Å². The molecule has 0 aromatic carbocycles. The van der Waals surface area contributed by atoms with Crippen molar-refractivity contribution in [2.75, 3.05) is 0 Å². The van der Waals surface area contributed by atoms with Crippen molar-refractivity contribution in [3.8, 4) is 0 Å². The van der Waals surface area contributed by atoms with Crippen molar-refractivity contribution >= 4 is 5.78 Å². The van der Waals surface area contributed by atoms with Crippen LogP contribution in [0.4, 0.5) is 0 Å². The van der Waals surface area contributed by atoms with Crippen molar-refractivity contribution in [2.45, 2.75) is 232 Å². The Labute approximate surface area is 329 Å². The van der Waals surface area contributed by atoms with Crippen LogP contribution in [0.2, 0.25) is 0 Å². The number of rotatable bonds is 21. The second kappa shape index (κ2) is 20.2. The number of aliphatic hydroxyl groups excluding tert-OH is 4. The number of ether oxygens (including phenoxy) is 2. The molecule has 4 aliphatic carbocycles. The predicted molar refractivity (Wildman–Crippen MR) is 217 cm³/mol. The molecule has 0 amide bonds. The molecule has 0 aromatic rings. The zero-order chi connectivity index (χ0) is 39.0. The van der Waals surface area contributed by atoms with Gasteiger partial charge in [0.25, 0.3) is 0 Å². The standard InChI is InChI=1S/C47H82O7/c1-7-8-9-10-11-12-13-14-15-16-17-21-39(48)40(49)44-42(51)41(50)43(52)45(54-44)53-34-26-28-46(5)33(30-34)22-23-35-37-25-24-36(32(4)20-18-19-31(2)3)47(37,6)29-27-38(35)46/h22,31-32,34-38,40-45,49-52H,7-21,23-30H2,1-6H3/t32-,34?,35?,36-,37?,38?,40?,41+,42+,43-,44-,45+,46+,47-/m1/s1. The zero-order valence-electron chi connectivity index (χ0n) is 35.4. The highest BCUT2D eigenvalue weighted by atomic mass is 16.7. The lowest BCUT2D eigenvalue weighted by Gasteiger charge is -2.58. The van der Waals surface area contributed by atoms with Crippen LogP contribution in [-0.4, -0.2) is 69.1 Å². The number of allylic oxidation sites excluding steroid dienone is 1. The van der Waals surface area contributed by atoms with E-state index < -0.39 is 42.6 Å². The van der Waals surface area contributed by atoms with Crippen LogP contribution >= 0.6 is 0 Å². The Hall–Kier alpha value is -0.830. The van der Waals surface area contributed by atoms with Crippen molar-refractivity contribution < 1.29 is 34.7 Å². The summed E-state index contributed by atoms with van der Waals surface area (Å²) >= 11 is 0. The summed E-state index contributed by atoms with van der Waals surface area (Å²) in [4.78, 5) is 13.0. The first-order chi connectivity index (χ1) is 25.8. The average molecular weight is 759 g/mol. The van der Waals surface area contributed by atoms with Crippen molar-refractivity contribution in [1.82, 2.24) is 0 Å². The van der Waals surface area contributed by atoms with Crippen molar-refractivity contribution in [2.24, 2.45) is 46.3 Å². The van der Waals surface area contributed by atoms with E-state index in [1.165, 1.54) is 95.5 Å². The van der Waals surface area contributed by atoms with E-state index in [1.54, 1.807) is 0 Å². The third kappa shape index (κ3) is 10.2. The molecule has 5 rings (SSSR count). The Balaban J connectivity index is 1.10. The van der Waals surface area contributed by atoms with Gasteiger partial charge in [-0.05, 0) is 104 Å². The molecule has 5 aliphatic rings. The number of aliphatic hydroxyl groups is 4. The molecule has 5 unspecified atom stereocenters. The largest absolute Gasteiger partial charge is 0.387 e. The molecule has 1 saturated heterocycles. The second-order valence-electron chi connectivity index (χ2n) is 19.9. The molecule has 3 saturated carbocycles. The summed E-state index contributed by atoms with van der Waals surface area (Å²) in [5, 5.41) is 43.5. The number of Topliss-reactive ketones (excluding diaryl/α,β-unsaturated/α-hetero) is 1. The quantitative estimate of drug-likeness (QED) is 0.0681. The molecule has 7 heteroatoms. The topological polar surface area (TPSA) is 116 Å². The van der Waals surface area contributed by atoms with E-state index in [9.17, 15) is 25.2 Å². The highest BCUT2D eigenvalue weighted by molar-refractivity contribution is 5.83. The van der Waals surface area contributed by atoms with Gasteiger partial charge in [-0.2, -0.15) is 0 Å². The van der Waals surface area contributed by atoms with E-state index in [2.05, 4.69) is 47.6 Å². The molecule has 1 heterocycles. The zero-order valence-corrected chi connectivity index (χ0v) is 35.4. The smallest absolute Gasteiger partial charge is 0.187 e. The van der Waals surface area contributed by atoms with Crippen LogP contribution in [0.1, 0.15) is 189 Å². The number of hydrogen-bond acceptors (Lipinski definition) is 7. The predicted octanol–water partition coefficient (Wildman–Crippen LogP) is 9.85. The Morgan fingerprint density at radius 1 is 0.815 bits per heavy atom. The second-order valence-corrected chi connectivity index (χ2v) is 19.9. The third-order valence-electron chi connectivity index (χ3n) is 15.9. The van der Waals surface area contributed by atoms with Crippen molar-refractivity contribution in [3.63, 3.8) is 0 Å². The highest BCUT2D eigenvalue weighted by Crippen LogP contribution is 2.67. The molecule has 54 heavy (non-hydrogen) atoms. The lowest BCUT2D eigenvalue weighted by atomic mass is 9.47. The lowest BCUT2D eigenvalue weighted by molar-refractivity contribution is -0.318. The summed E-state index contributed by atoms with van der Waals surface area (Å²) in [6.45, 7) is 14.6. The molecule has 312 valence electrons. The van der Waals surface area contributed by atoms with Crippen LogP contribution < -0.4 is 0 Å². The number of unbranched alkanes of at least 4 members (excludes halogenated alkanes) is 10. The van der Waals surface area contributed by atoms with E-state index in [4.69, 9.17) is 9.47 Å². The maximum absolute atomic E-state index is 13.0. The Bertz CT molecular complexity index is 1190. The minimum Gasteiger partial charge on any atom is -0.387 e. The van der Waals surface area contributed by atoms with Crippen LogP contribution in [0.15, 0.2) is 11.6 Å². The van der Waals surface area contributed by atoms with E-state index in [1.807, 2.05) is 0 Å². The minimum atomic E-state index is -1.58. The van der Waals surface area contributed by atoms with E-state index in [0.717, 1.165) is 74.5 Å². The normalized spacial score (nSPS) is 39.1. The van der Waals surface area contributed by atoms with Gasteiger partial charge in [0, 0.05) is 6.42 Å². The van der Waals surface area contributed by atoms with E-state index in [0.29, 0.717) is 17.8 Å². The number of hydrogen-bond donors (Lipinski definition) is 4. The molecular weight excluding hydrogens is 677 g/mol. The molecule has 0 bridgehead atoms. The fourth-order valence-electron chi connectivity index (χ4n) is 12.5. The Morgan fingerprint density at radius 3 is 2.15 bits per heavy atom. The molecule has 7 nitrogen and oxygen atoms in total. The van der Waals surface area contributed by atoms with Crippen LogP contribution in [0.3, 0.4) is 0 Å². The first kappa shape index (κ1) is 44.3. The fraction of sp³-hybridized carbons (Fsp3) is 0.936. The third-order valence-corrected chi connectivity index (χ3v) is 15.9. The lowest BCUT2D eigenvalue weighted by Crippen LogP contribution is -2.62. The monoisotopic (exact) mass is 759 g/mol. The maximum atomic E-state index is 13.0. The van der Waals surface area contributed by atoms with Gasteiger partial charge in [0.1, 0.15) is 30.5 Å². The molecular formula is C47H82O7. The first-order valence-corrected chi connectivity index (χ1v) is 23.1. The number of carbonyl (C=O) groups excluding carboxylic acids is 1. The van der Waals surface area contributed by atoms with Crippen LogP contribution in [-0.2, 0) is 14.3 Å². The molecule has 4 fully saturated rings. The van der Waals surface area contributed by atoms with Crippen LogP contribution in [0.5, 0.6) is 0 Å². The SMILES string of the molecule is CCCCCCCCCCCCCC(=O)C(O)[C@H]1O[C@H](OC2CC[C@@]3(C)C(=CCC4C3CC[C@@]3(C)C4CC[C@@H]3[C@H](C)CCCC(C)C)C2)[C@H](O)[C@@H](O)[C@@H]1O. The van der Waals surface area contributed by atoms with Gasteiger partial charge < -0.3 is 29.9 Å². The summed E-state index contributed by atoms with van der Waals surface area (Å²) in [6, 6.07) is 0. The molecule has 1 aliphatic heterocycles. The molecule has 0 radical (unpaired) electrons. The molecule has 0 spiro atoms. The first-order valence-electron chi connectivity index (χ1n) is 23.1. The minimum absolute atomic E-state index is 0.145. The van der Waals surface area contributed by atoms with Gasteiger partial charge in [-0.15, -0.1) is 0 Å². The average Bonchev–Trinajstić information content (AvgIpc) is 3.51. The Kier molecular flexibility index (Phi) is 16.6. The molecule has 0 aromatic heterocycles. The summed E-state index contributed by atoms with van der Waals surface area (Å²) in [5.74, 6) is 4.27. The highest BCUT2D eigenvalue weighted by Gasteiger charge is 2.59. The van der Waals surface area contributed by atoms with Crippen LogP contribution in [0.25, 0.3) is 0 Å². The Morgan fingerprint density at radius 2 is 1.48 bits per heavy atom. The molecule has 4 N–H and O–H groups in total. The van der Waals surface area contributed by atoms with Gasteiger partial charge in [0.15, 0.2) is 12.1 Å². The fourth-order valence-corrected chi connectivity index (χ4v) is 12.5. The van der Waals surface area contributed by atoms with E-state index >= 15 is 0 Å². The molecule has 14 atom stereocenters. The summed E-state index contributed by atoms with van der Waals surface area (Å²) in [5.41, 5.74) is 2.06. The summed E-state index contributed by atoms with van der Waals surface area (Å²) in [6.07, 6.45) is 19.8. The van der Waals surface area contributed by atoms with Gasteiger partial charge in [-0.25, -0.2) is 0 Å². The number of ketones is 1. The van der Waals surface area contributed by atoms with Gasteiger partial charge in [0.2, 0.25) is 0 Å². The maximum Gasteiger partial charge on any atom is 0.187 e. The van der Waals surface area contributed by atoms with Crippen LogP contribution in [0, 0.1) is 46.3 Å². The van der Waals surface area contributed by atoms with Gasteiger partial charge in [-0.3, -0.25) is 4.79 Å². The summed E-state index contributed by atoms with van der Waals surface area (Å²) in [7, 11) is 0. The van der Waals surface area contributed by atoms with Crippen molar-refractivity contribution in [1.29, 1.82) is 0 Å². The van der Waals surface area contributed by atoms with Gasteiger partial charge in [0.05, 0.1) is 6.10 Å². The number of fused-ring (bicyclic) bond motifs is 5. The van der Waals surface area contributed by atoms with E-state index in [-0.39, 0.29) is 17.9 Å². The van der Waals surface area contributed by atoms with Crippen molar-refractivity contribution in [3.05, 3.63) is 11.6 Å².